The van der Waals surface area contributed by atoms with Crippen molar-refractivity contribution in [3.63, 3.8) is 0 Å². The lowest BCUT2D eigenvalue weighted by atomic mass is 9.93. The van der Waals surface area contributed by atoms with Gasteiger partial charge in [0.2, 0.25) is 0 Å². The summed E-state index contributed by atoms with van der Waals surface area (Å²) in [5.41, 5.74) is 4.92. The first-order valence-corrected chi connectivity index (χ1v) is 9.39. The van der Waals surface area contributed by atoms with Crippen LogP contribution in [0, 0.1) is 13.8 Å². The number of aryl methyl sites for hydroxylation is 3. The van der Waals surface area contributed by atoms with Crippen LogP contribution in [0.5, 0.6) is 0 Å². The van der Waals surface area contributed by atoms with Gasteiger partial charge in [0, 0.05) is 11.1 Å². The van der Waals surface area contributed by atoms with E-state index in [0.717, 1.165) is 12.0 Å². The summed E-state index contributed by atoms with van der Waals surface area (Å²) in [4.78, 5) is 0. The second-order valence-electron chi connectivity index (χ2n) is 5.73. The average molecular weight is 330 g/mol. The molecule has 0 heterocycles. The van der Waals surface area contributed by atoms with Gasteiger partial charge in [-0.1, -0.05) is 43.0 Å². The predicted octanol–water partition coefficient (Wildman–Crippen LogP) is 4.46. The normalized spacial score (nSPS) is 14.1. The second-order valence-corrected chi connectivity index (χ2v) is 7.30. The van der Waals surface area contributed by atoms with Crippen LogP contribution in [0.1, 0.15) is 54.9 Å². The minimum absolute atomic E-state index is 0.381. The van der Waals surface area contributed by atoms with Gasteiger partial charge in [0.15, 0.2) is 0 Å². The topological polar surface area (TPSA) is 40.1 Å². The summed E-state index contributed by atoms with van der Waals surface area (Å²) >= 11 is 3.64. The van der Waals surface area contributed by atoms with Crippen molar-refractivity contribution in [2.24, 2.45) is 0 Å². The quantitative estimate of drug-likeness (QED) is 0.381. The molecule has 0 saturated heterocycles. The van der Waals surface area contributed by atoms with E-state index in [1.807, 2.05) is 0 Å². The molecule has 0 radical (unpaired) electrons. The average Bonchev–Trinajstić information content (AvgIpc) is 2.41. The molecule has 2 atom stereocenters. The lowest BCUT2D eigenvalue weighted by molar-refractivity contribution is 0.517. The number of hydrogen-bond donors (Lipinski definition) is 0. The standard InChI is InChI=1S/C17H27ClO2S/c1-4-5-6-7-15-10-13(2)17(14(3)11-15)12-16(8-9-18)21(19)20/h10-11,16H,4-9,12H2,1-3H3,(H,19,20)/p-1. The number of halogens is 1. The highest BCUT2D eigenvalue weighted by Crippen LogP contribution is 2.22. The van der Waals surface area contributed by atoms with Gasteiger partial charge < -0.3 is 4.55 Å². The van der Waals surface area contributed by atoms with Gasteiger partial charge in [0.1, 0.15) is 0 Å². The van der Waals surface area contributed by atoms with Gasteiger partial charge in [0.25, 0.3) is 0 Å². The number of alkyl halides is 1. The third-order valence-electron chi connectivity index (χ3n) is 3.96. The monoisotopic (exact) mass is 329 g/mol. The molecule has 0 aliphatic rings. The Labute approximate surface area is 136 Å². The molecule has 21 heavy (non-hydrogen) atoms. The zero-order valence-corrected chi connectivity index (χ0v) is 14.9. The Morgan fingerprint density at radius 2 is 1.86 bits per heavy atom. The summed E-state index contributed by atoms with van der Waals surface area (Å²) in [5.74, 6) is 0.381. The molecule has 0 aliphatic carbocycles. The van der Waals surface area contributed by atoms with Crippen LogP contribution in [0.4, 0.5) is 0 Å². The minimum Gasteiger partial charge on any atom is -0.772 e. The first-order chi connectivity index (χ1) is 9.99. The molecule has 2 nitrogen and oxygen atoms in total. The van der Waals surface area contributed by atoms with E-state index >= 15 is 0 Å². The van der Waals surface area contributed by atoms with Gasteiger partial charge in [0.05, 0.1) is 0 Å². The van der Waals surface area contributed by atoms with Gasteiger partial charge in [-0.25, -0.2) is 0 Å². The van der Waals surface area contributed by atoms with Crippen molar-refractivity contribution in [2.45, 2.75) is 64.5 Å². The highest BCUT2D eigenvalue weighted by Gasteiger charge is 2.14. The highest BCUT2D eigenvalue weighted by atomic mass is 35.5. The summed E-state index contributed by atoms with van der Waals surface area (Å²) in [6.45, 7) is 6.37. The van der Waals surface area contributed by atoms with E-state index < -0.39 is 11.1 Å². The molecule has 4 heteroatoms. The van der Waals surface area contributed by atoms with Crippen molar-refractivity contribution in [1.82, 2.24) is 0 Å². The molecule has 120 valence electrons. The molecule has 0 saturated carbocycles. The Kier molecular flexibility index (Phi) is 8.53. The van der Waals surface area contributed by atoms with Gasteiger partial charge >= 0.3 is 0 Å². The zero-order valence-electron chi connectivity index (χ0n) is 13.3. The summed E-state index contributed by atoms with van der Waals surface area (Å²) in [5, 5.41) is -0.383. The Balaban J connectivity index is 2.85. The molecule has 1 aromatic rings. The van der Waals surface area contributed by atoms with E-state index in [4.69, 9.17) is 11.6 Å². The fraction of sp³-hybridized carbons (Fsp3) is 0.647. The largest absolute Gasteiger partial charge is 0.772 e. The zero-order chi connectivity index (χ0) is 15.8. The Morgan fingerprint density at radius 3 is 2.33 bits per heavy atom. The molecule has 1 aromatic carbocycles. The predicted molar refractivity (Wildman–Crippen MR) is 90.9 cm³/mol. The number of benzene rings is 1. The third-order valence-corrected chi connectivity index (χ3v) is 5.12. The first-order valence-electron chi connectivity index (χ1n) is 7.72. The minimum atomic E-state index is -2.07. The summed E-state index contributed by atoms with van der Waals surface area (Å²) in [6.07, 6.45) is 5.88. The number of rotatable bonds is 9. The van der Waals surface area contributed by atoms with Crippen LogP contribution >= 0.6 is 11.6 Å². The summed E-state index contributed by atoms with van der Waals surface area (Å²) in [6, 6.07) is 4.42. The van der Waals surface area contributed by atoms with Crippen LogP contribution in [0.25, 0.3) is 0 Å². The van der Waals surface area contributed by atoms with Crippen molar-refractivity contribution in [1.29, 1.82) is 0 Å². The smallest absolute Gasteiger partial charge is 0.0267 e. The lowest BCUT2D eigenvalue weighted by Gasteiger charge is -2.21. The van der Waals surface area contributed by atoms with Crippen LogP contribution in [-0.4, -0.2) is 19.9 Å². The van der Waals surface area contributed by atoms with Crippen LogP contribution in [0.15, 0.2) is 12.1 Å². The van der Waals surface area contributed by atoms with E-state index in [0.29, 0.717) is 18.7 Å². The Bertz CT molecular complexity index is 451. The summed E-state index contributed by atoms with van der Waals surface area (Å²) < 4.78 is 22.6. The van der Waals surface area contributed by atoms with E-state index in [1.54, 1.807) is 0 Å². The molecular formula is C17H26ClO2S-. The van der Waals surface area contributed by atoms with Crippen molar-refractivity contribution in [2.75, 3.05) is 5.88 Å². The van der Waals surface area contributed by atoms with Gasteiger partial charge in [-0.15, -0.1) is 11.6 Å². The van der Waals surface area contributed by atoms with Crippen molar-refractivity contribution >= 4 is 22.7 Å². The van der Waals surface area contributed by atoms with Crippen LogP contribution in [0.3, 0.4) is 0 Å². The van der Waals surface area contributed by atoms with Crippen molar-refractivity contribution in [3.05, 3.63) is 34.4 Å². The van der Waals surface area contributed by atoms with Crippen molar-refractivity contribution < 1.29 is 8.76 Å². The molecule has 0 bridgehead atoms. The first kappa shape index (κ1) is 18.7. The molecule has 0 fully saturated rings. The Hall–Kier alpha value is -0.380. The fourth-order valence-corrected chi connectivity index (χ4v) is 3.75. The number of hydrogen-bond acceptors (Lipinski definition) is 2. The molecule has 0 aliphatic heterocycles. The van der Waals surface area contributed by atoms with Gasteiger partial charge in [-0.05, 0) is 61.8 Å². The van der Waals surface area contributed by atoms with E-state index in [2.05, 4.69) is 32.9 Å². The molecule has 0 N–H and O–H groups in total. The van der Waals surface area contributed by atoms with E-state index in [1.165, 1.54) is 36.0 Å². The molecular weight excluding hydrogens is 304 g/mol. The van der Waals surface area contributed by atoms with Gasteiger partial charge in [-0.3, -0.25) is 4.21 Å². The fourth-order valence-electron chi connectivity index (χ4n) is 2.74. The van der Waals surface area contributed by atoms with E-state index in [-0.39, 0.29) is 5.25 Å². The molecule has 0 spiro atoms. The molecule has 2 unspecified atom stereocenters. The maximum atomic E-state index is 11.3. The van der Waals surface area contributed by atoms with Crippen LogP contribution in [0.2, 0.25) is 0 Å². The van der Waals surface area contributed by atoms with Crippen LogP contribution < -0.4 is 0 Å². The molecule has 0 aromatic heterocycles. The highest BCUT2D eigenvalue weighted by molar-refractivity contribution is 7.79. The second kappa shape index (κ2) is 9.60. The molecule has 0 amide bonds. The van der Waals surface area contributed by atoms with Crippen molar-refractivity contribution in [3.8, 4) is 0 Å². The summed E-state index contributed by atoms with van der Waals surface area (Å²) in [7, 11) is 0. The third kappa shape index (κ3) is 6.09. The van der Waals surface area contributed by atoms with E-state index in [9.17, 15) is 8.76 Å². The molecule has 1 rings (SSSR count). The SMILES string of the molecule is CCCCCc1cc(C)c(CC(CCCl)S(=O)[O-])c(C)c1. The maximum absolute atomic E-state index is 11.3. The number of unbranched alkanes of at least 4 members (excludes halogenated alkanes) is 2. The Morgan fingerprint density at radius 1 is 1.24 bits per heavy atom. The van der Waals surface area contributed by atoms with Gasteiger partial charge in [-0.2, -0.15) is 0 Å². The maximum Gasteiger partial charge on any atom is 0.0267 e. The lowest BCUT2D eigenvalue weighted by Crippen LogP contribution is -2.19. The van der Waals surface area contributed by atoms with Crippen LogP contribution in [-0.2, 0) is 23.9 Å².